The molecule has 0 spiro atoms. The van der Waals surface area contributed by atoms with Crippen LogP contribution in [-0.4, -0.2) is 108 Å². The molecule has 4 N–H and O–H groups in total. The van der Waals surface area contributed by atoms with E-state index in [-0.39, 0.29) is 24.5 Å². The fourth-order valence-corrected chi connectivity index (χ4v) is 6.21. The monoisotopic (exact) mass is 677 g/mol. The van der Waals surface area contributed by atoms with Crippen LogP contribution in [0.25, 0.3) is 0 Å². The highest BCUT2D eigenvalue weighted by molar-refractivity contribution is 6.30. The number of hydrogen-bond donors (Lipinski definition) is 4. The first-order chi connectivity index (χ1) is 22.7. The third kappa shape index (κ3) is 11.3. The van der Waals surface area contributed by atoms with Crippen molar-refractivity contribution in [3.63, 3.8) is 0 Å². The molecule has 0 saturated carbocycles. The van der Waals surface area contributed by atoms with Crippen molar-refractivity contribution in [3.8, 4) is 5.75 Å². The number of ether oxygens (including phenoxy) is 1. The maximum atomic E-state index is 14.8. The Kier molecular flexibility index (Phi) is 14.6. The Balaban J connectivity index is 1.03. The predicted octanol–water partition coefficient (Wildman–Crippen LogP) is 3.03. The average Bonchev–Trinajstić information content (AvgIpc) is 3.06. The normalized spacial score (nSPS) is 15.9. The molecule has 2 aliphatic heterocycles. The summed E-state index contributed by atoms with van der Waals surface area (Å²) in [5, 5.41) is 31.9. The second-order valence-electron chi connectivity index (χ2n) is 13.0. The van der Waals surface area contributed by atoms with Crippen LogP contribution in [0.2, 0.25) is 5.02 Å². The Hall–Kier alpha value is -2.90. The summed E-state index contributed by atoms with van der Waals surface area (Å²) in [7, 11) is 0. The minimum absolute atomic E-state index is 0.0228. The molecule has 4 rings (SSSR count). The zero-order valence-corrected chi connectivity index (χ0v) is 27.8. The number of piperidine rings is 1. The lowest BCUT2D eigenvalue weighted by Gasteiger charge is -2.39. The topological polar surface area (TPSA) is 148 Å². The van der Waals surface area contributed by atoms with Crippen molar-refractivity contribution in [2.75, 3.05) is 70.6 Å². The van der Waals surface area contributed by atoms with Crippen molar-refractivity contribution >= 4 is 29.2 Å². The smallest absolute Gasteiger partial charge is 0.227 e. The fraction of sp³-hybridized carbons (Fsp3) is 0.647. The fourth-order valence-electron chi connectivity index (χ4n) is 6.11. The van der Waals surface area contributed by atoms with Crippen LogP contribution in [0.5, 0.6) is 5.75 Å². The van der Waals surface area contributed by atoms with E-state index in [0.29, 0.717) is 67.3 Å². The van der Waals surface area contributed by atoms with Gasteiger partial charge in [-0.25, -0.2) is 14.4 Å². The Morgan fingerprint density at radius 3 is 2.36 bits per heavy atom. The van der Waals surface area contributed by atoms with Gasteiger partial charge in [0, 0.05) is 50.5 Å². The summed E-state index contributed by atoms with van der Waals surface area (Å²) < 4.78 is 20.6. The number of aliphatic hydroxyl groups is 3. The molecule has 2 saturated heterocycles. The molecular weight excluding hydrogens is 629 g/mol. The van der Waals surface area contributed by atoms with Crippen molar-refractivity contribution in [2.45, 2.75) is 57.8 Å². The van der Waals surface area contributed by atoms with Crippen molar-refractivity contribution in [2.24, 2.45) is 17.3 Å². The number of Topliss-reactive ketones (excluding diaryl/α,β-unsaturated/α-hetero) is 1. The second-order valence-corrected chi connectivity index (χ2v) is 13.5. The quantitative estimate of drug-likeness (QED) is 0.154. The summed E-state index contributed by atoms with van der Waals surface area (Å²) in [6, 6.07) is 4.74. The lowest BCUT2D eigenvalue weighted by atomic mass is 9.84. The van der Waals surface area contributed by atoms with Gasteiger partial charge in [0.1, 0.15) is 17.3 Å². The van der Waals surface area contributed by atoms with Gasteiger partial charge in [-0.15, -0.1) is 0 Å². The van der Waals surface area contributed by atoms with E-state index >= 15 is 0 Å². The first kappa shape index (κ1) is 36.9. The lowest BCUT2D eigenvalue weighted by molar-refractivity contribution is -0.136. The van der Waals surface area contributed by atoms with Gasteiger partial charge >= 0.3 is 0 Å². The summed E-state index contributed by atoms with van der Waals surface area (Å²) in [6.07, 6.45) is 9.12. The van der Waals surface area contributed by atoms with Gasteiger partial charge in [-0.2, -0.15) is 0 Å². The first-order valence-corrected chi connectivity index (χ1v) is 17.1. The molecule has 0 bridgehead atoms. The number of aliphatic hydroxyl groups excluding tert-OH is 3. The van der Waals surface area contributed by atoms with Crippen molar-refractivity contribution in [3.05, 3.63) is 47.0 Å². The van der Waals surface area contributed by atoms with Crippen LogP contribution >= 0.6 is 11.6 Å². The van der Waals surface area contributed by atoms with Crippen LogP contribution < -0.4 is 15.0 Å². The van der Waals surface area contributed by atoms with Crippen molar-refractivity contribution in [1.82, 2.24) is 20.2 Å². The molecule has 0 aliphatic carbocycles. The third-order valence-electron chi connectivity index (χ3n) is 9.32. The molecule has 0 atom stereocenters. The van der Waals surface area contributed by atoms with E-state index in [0.717, 1.165) is 57.7 Å². The van der Waals surface area contributed by atoms with E-state index in [1.165, 1.54) is 6.07 Å². The van der Waals surface area contributed by atoms with Crippen LogP contribution in [0.3, 0.4) is 0 Å². The molecule has 2 aromatic rings. The highest BCUT2D eigenvalue weighted by Gasteiger charge is 2.31. The molecule has 3 heterocycles. The van der Waals surface area contributed by atoms with E-state index in [1.807, 2.05) is 0 Å². The Morgan fingerprint density at radius 2 is 1.70 bits per heavy atom. The van der Waals surface area contributed by atoms with E-state index < -0.39 is 31.1 Å². The number of carbonyl (C=O) groups excluding carboxylic acids is 2. The molecule has 2 fully saturated rings. The van der Waals surface area contributed by atoms with Crippen LogP contribution in [0.15, 0.2) is 30.6 Å². The van der Waals surface area contributed by atoms with Gasteiger partial charge in [-0.3, -0.25) is 9.59 Å². The zero-order chi connectivity index (χ0) is 33.6. The minimum Gasteiger partial charge on any atom is -0.493 e. The molecule has 11 nitrogen and oxygen atoms in total. The summed E-state index contributed by atoms with van der Waals surface area (Å²) >= 11 is 5.88. The van der Waals surface area contributed by atoms with Crippen molar-refractivity contribution < 1.29 is 34.0 Å². The van der Waals surface area contributed by atoms with Crippen LogP contribution in [-0.2, 0) is 16.0 Å². The Labute approximate surface area is 281 Å². The first-order valence-electron chi connectivity index (χ1n) is 16.7. The molecule has 47 heavy (non-hydrogen) atoms. The third-order valence-corrected chi connectivity index (χ3v) is 9.52. The van der Waals surface area contributed by atoms with Crippen LogP contribution in [0, 0.1) is 23.1 Å². The zero-order valence-electron chi connectivity index (χ0n) is 27.1. The molecule has 2 aliphatic rings. The molecule has 1 aromatic carbocycles. The number of rotatable bonds is 20. The number of ketones is 1. The molecule has 0 unspecified atom stereocenters. The predicted molar refractivity (Wildman–Crippen MR) is 177 cm³/mol. The van der Waals surface area contributed by atoms with E-state index in [9.17, 15) is 29.3 Å². The van der Waals surface area contributed by atoms with Crippen LogP contribution in [0.4, 0.5) is 10.3 Å². The van der Waals surface area contributed by atoms with Gasteiger partial charge in [0.15, 0.2) is 0 Å². The average molecular weight is 678 g/mol. The van der Waals surface area contributed by atoms with Gasteiger partial charge in [0.05, 0.1) is 50.3 Å². The number of halogens is 2. The van der Waals surface area contributed by atoms with Gasteiger partial charge in [-0.05, 0) is 75.1 Å². The largest absolute Gasteiger partial charge is 0.493 e. The number of likely N-dealkylation sites (tertiary alicyclic amines) is 1. The molecule has 260 valence electrons. The van der Waals surface area contributed by atoms with E-state index in [4.69, 9.17) is 16.3 Å². The molecule has 1 aromatic heterocycles. The summed E-state index contributed by atoms with van der Waals surface area (Å²) in [5.74, 6) is 1.58. The number of nitrogens with zero attached hydrogens (tertiary/aromatic N) is 4. The molecule has 1 amide bonds. The Bertz CT molecular complexity index is 1260. The highest BCUT2D eigenvalue weighted by Crippen LogP contribution is 2.26. The number of benzene rings is 1. The standard InChI is InChI=1S/C34H49ClFN5O6/c35-28-18-38-33(39-19-28)40-12-8-25(9-13-40)3-2-14-47-30-6-5-27(31(36)16-30)15-32(46)41-20-26(21-41)7-11-37-10-1-4-29(45)17-34(22-42,23-43)24-44/h5-6,16,18-19,25-26,37,42-44H,1-4,7-15,17,20-24H2. The number of aromatic nitrogens is 2. The summed E-state index contributed by atoms with van der Waals surface area (Å²) in [5.41, 5.74) is -0.787. The number of carbonyl (C=O) groups is 2. The SMILES string of the molecule is O=C(CCCNCCC1CN(C(=O)Cc2ccc(OCCCC3CCN(c4ncc(Cl)cn4)CC3)cc2F)C1)CC(CO)(CO)CO. The van der Waals surface area contributed by atoms with Gasteiger partial charge in [0.2, 0.25) is 11.9 Å². The Morgan fingerprint density at radius 1 is 1.00 bits per heavy atom. The maximum absolute atomic E-state index is 14.8. The summed E-state index contributed by atoms with van der Waals surface area (Å²) in [4.78, 5) is 37.4. The number of nitrogens with one attached hydrogen (secondary N) is 1. The molecule has 0 radical (unpaired) electrons. The minimum atomic E-state index is -1.15. The number of amides is 1. The van der Waals surface area contributed by atoms with Gasteiger partial charge < -0.3 is 35.2 Å². The van der Waals surface area contributed by atoms with Crippen molar-refractivity contribution in [1.29, 1.82) is 0 Å². The number of hydrogen-bond acceptors (Lipinski definition) is 10. The molecule has 13 heteroatoms. The van der Waals surface area contributed by atoms with E-state index in [1.54, 1.807) is 29.4 Å². The van der Waals surface area contributed by atoms with Gasteiger partial charge in [-0.1, -0.05) is 17.7 Å². The highest BCUT2D eigenvalue weighted by atomic mass is 35.5. The maximum Gasteiger partial charge on any atom is 0.227 e. The summed E-state index contributed by atoms with van der Waals surface area (Å²) in [6.45, 7) is 3.76. The molecular formula is C34H49ClFN5O6. The lowest BCUT2D eigenvalue weighted by Crippen LogP contribution is -2.51. The second kappa shape index (κ2) is 18.6. The van der Waals surface area contributed by atoms with Crippen LogP contribution in [0.1, 0.15) is 56.9 Å². The van der Waals surface area contributed by atoms with E-state index in [2.05, 4.69) is 20.2 Å². The van der Waals surface area contributed by atoms with Gasteiger partial charge in [0.25, 0.3) is 0 Å². The number of anilines is 1.